The molecule has 0 unspecified atom stereocenters. The second-order valence-corrected chi connectivity index (χ2v) is 9.08. The quantitative estimate of drug-likeness (QED) is 0.162. The number of esters is 1. The predicted molar refractivity (Wildman–Crippen MR) is 130 cm³/mol. The average molecular weight is 448 g/mol. The van der Waals surface area contributed by atoms with Crippen molar-refractivity contribution >= 4 is 5.97 Å². The molecule has 0 amide bonds. The van der Waals surface area contributed by atoms with Crippen LogP contribution in [0.5, 0.6) is 5.75 Å². The highest BCUT2D eigenvalue weighted by Gasteiger charge is 2.18. The Balaban J connectivity index is 1.39. The van der Waals surface area contributed by atoms with Crippen LogP contribution in [0.25, 0.3) is 0 Å². The van der Waals surface area contributed by atoms with Crippen LogP contribution in [-0.4, -0.2) is 5.97 Å². The summed E-state index contributed by atoms with van der Waals surface area (Å²) < 4.78 is 18.9. The van der Waals surface area contributed by atoms with E-state index in [1.54, 1.807) is 18.2 Å². The zero-order valence-corrected chi connectivity index (χ0v) is 19.6. The number of halogens is 1. The lowest BCUT2D eigenvalue weighted by Crippen LogP contribution is -2.13. The van der Waals surface area contributed by atoms with Crippen LogP contribution in [0, 0.1) is 29.0 Å². The molecular weight excluding hydrogens is 413 g/mol. The standard InChI is InChI=1S/C29H34FNO2/c1-2-3-4-7-22-10-12-23(13-11-22)8-5-6-9-24-14-16-25(17-15-24)29(32)33-27-19-18-26(21-31)28(30)20-27/h5,8,14-20,22-23H,2-4,6-7,9-13H2,1H3/b8-5+. The highest BCUT2D eigenvalue weighted by Crippen LogP contribution is 2.32. The van der Waals surface area contributed by atoms with Crippen LogP contribution in [0.3, 0.4) is 0 Å². The summed E-state index contributed by atoms with van der Waals surface area (Å²) in [4.78, 5) is 12.3. The lowest BCUT2D eigenvalue weighted by molar-refractivity contribution is 0.0734. The van der Waals surface area contributed by atoms with Gasteiger partial charge in [0.15, 0.2) is 0 Å². The lowest BCUT2D eigenvalue weighted by atomic mass is 9.79. The maximum atomic E-state index is 13.7. The third-order valence-electron chi connectivity index (χ3n) is 6.58. The summed E-state index contributed by atoms with van der Waals surface area (Å²) in [7, 11) is 0. The highest BCUT2D eigenvalue weighted by atomic mass is 19.1. The summed E-state index contributed by atoms with van der Waals surface area (Å²) in [6.07, 6.45) is 17.5. The summed E-state index contributed by atoms with van der Waals surface area (Å²) in [5.41, 5.74) is 1.50. The Morgan fingerprint density at radius 3 is 2.55 bits per heavy atom. The first-order valence-electron chi connectivity index (χ1n) is 12.3. The van der Waals surface area contributed by atoms with Gasteiger partial charge in [-0.1, -0.05) is 56.9 Å². The topological polar surface area (TPSA) is 50.1 Å². The number of aryl methyl sites for hydroxylation is 1. The van der Waals surface area contributed by atoms with E-state index >= 15 is 0 Å². The number of carbonyl (C=O) groups excluding carboxylic acids is 1. The highest BCUT2D eigenvalue weighted by molar-refractivity contribution is 5.91. The number of nitrogens with zero attached hydrogens (tertiary/aromatic N) is 1. The van der Waals surface area contributed by atoms with E-state index in [0.717, 1.165) is 30.7 Å². The largest absolute Gasteiger partial charge is 0.423 e. The Hall–Kier alpha value is -2.93. The molecule has 3 nitrogen and oxygen atoms in total. The SMILES string of the molecule is CCCCCC1CCC(/C=C/CCc2ccc(C(=O)Oc3ccc(C#N)c(F)c3)cc2)CC1. The number of nitriles is 1. The van der Waals surface area contributed by atoms with Crippen molar-refractivity contribution in [3.8, 4) is 11.8 Å². The molecule has 1 saturated carbocycles. The van der Waals surface area contributed by atoms with Crippen molar-refractivity contribution in [1.29, 1.82) is 5.26 Å². The maximum absolute atomic E-state index is 13.7. The van der Waals surface area contributed by atoms with Crippen molar-refractivity contribution in [2.24, 2.45) is 11.8 Å². The molecule has 33 heavy (non-hydrogen) atoms. The number of allylic oxidation sites excluding steroid dienone is 2. The number of rotatable bonds is 10. The number of unbranched alkanes of at least 4 members (excludes halogenated alkanes) is 2. The Kier molecular flexibility index (Phi) is 9.69. The van der Waals surface area contributed by atoms with E-state index in [9.17, 15) is 9.18 Å². The summed E-state index contributed by atoms with van der Waals surface area (Å²) in [5.74, 6) is 0.516. The molecule has 0 aliphatic heterocycles. The molecule has 1 fully saturated rings. The fraction of sp³-hybridized carbons (Fsp3) is 0.448. The Morgan fingerprint density at radius 1 is 1.12 bits per heavy atom. The minimum atomic E-state index is -0.703. The summed E-state index contributed by atoms with van der Waals surface area (Å²) in [5, 5.41) is 8.78. The van der Waals surface area contributed by atoms with Gasteiger partial charge in [0.25, 0.3) is 0 Å². The molecule has 2 aromatic carbocycles. The van der Waals surface area contributed by atoms with Crippen LogP contribution in [0.1, 0.15) is 86.2 Å². The van der Waals surface area contributed by atoms with Gasteiger partial charge in [0.05, 0.1) is 11.1 Å². The summed E-state index contributed by atoms with van der Waals surface area (Å²) in [6.45, 7) is 2.27. The minimum Gasteiger partial charge on any atom is -0.423 e. The number of hydrogen-bond donors (Lipinski definition) is 0. The molecule has 1 aliphatic rings. The number of benzene rings is 2. The van der Waals surface area contributed by atoms with Crippen LogP contribution in [-0.2, 0) is 6.42 Å². The first-order chi connectivity index (χ1) is 16.1. The zero-order chi connectivity index (χ0) is 23.5. The van der Waals surface area contributed by atoms with E-state index in [-0.39, 0.29) is 11.3 Å². The number of hydrogen-bond acceptors (Lipinski definition) is 3. The van der Waals surface area contributed by atoms with Crippen LogP contribution >= 0.6 is 0 Å². The lowest BCUT2D eigenvalue weighted by Gasteiger charge is -2.26. The molecule has 4 heteroatoms. The van der Waals surface area contributed by atoms with E-state index in [0.29, 0.717) is 5.56 Å². The Labute approximate surface area is 197 Å². The monoisotopic (exact) mass is 447 g/mol. The second-order valence-electron chi connectivity index (χ2n) is 9.08. The van der Waals surface area contributed by atoms with Crippen LogP contribution in [0.2, 0.25) is 0 Å². The molecule has 0 heterocycles. The van der Waals surface area contributed by atoms with Gasteiger partial charge >= 0.3 is 5.97 Å². The van der Waals surface area contributed by atoms with Crippen LogP contribution in [0.4, 0.5) is 4.39 Å². The van der Waals surface area contributed by atoms with Gasteiger partial charge in [0, 0.05) is 6.07 Å². The van der Waals surface area contributed by atoms with Gasteiger partial charge in [-0.25, -0.2) is 9.18 Å². The van der Waals surface area contributed by atoms with Crippen molar-refractivity contribution in [1.82, 2.24) is 0 Å². The zero-order valence-electron chi connectivity index (χ0n) is 19.6. The van der Waals surface area contributed by atoms with Gasteiger partial charge in [-0.05, 0) is 80.2 Å². The van der Waals surface area contributed by atoms with Crippen molar-refractivity contribution in [3.05, 3.63) is 77.1 Å². The third kappa shape index (κ3) is 7.86. The summed E-state index contributed by atoms with van der Waals surface area (Å²) >= 11 is 0. The Bertz CT molecular complexity index is 966. The van der Waals surface area contributed by atoms with Gasteiger partial charge in [-0.15, -0.1) is 0 Å². The van der Waals surface area contributed by atoms with E-state index in [4.69, 9.17) is 10.00 Å². The normalized spacial score (nSPS) is 18.2. The number of ether oxygens (including phenoxy) is 1. The van der Waals surface area contributed by atoms with Gasteiger partial charge in [-0.2, -0.15) is 5.26 Å². The first kappa shape index (κ1) is 24.7. The average Bonchev–Trinajstić information content (AvgIpc) is 2.83. The fourth-order valence-corrected chi connectivity index (χ4v) is 4.51. The molecule has 0 saturated heterocycles. The maximum Gasteiger partial charge on any atom is 0.343 e. The molecule has 0 bridgehead atoms. The molecule has 3 rings (SSSR count). The van der Waals surface area contributed by atoms with E-state index < -0.39 is 11.8 Å². The molecular formula is C29H34FNO2. The van der Waals surface area contributed by atoms with Crippen molar-refractivity contribution in [3.63, 3.8) is 0 Å². The second kappa shape index (κ2) is 12.9. The molecule has 0 atom stereocenters. The van der Waals surface area contributed by atoms with Crippen LogP contribution < -0.4 is 4.74 Å². The summed E-state index contributed by atoms with van der Waals surface area (Å²) in [6, 6.07) is 12.9. The molecule has 2 aromatic rings. The third-order valence-corrected chi connectivity index (χ3v) is 6.58. The smallest absolute Gasteiger partial charge is 0.343 e. The first-order valence-corrected chi connectivity index (χ1v) is 12.3. The van der Waals surface area contributed by atoms with E-state index in [2.05, 4.69) is 19.1 Å². The fourth-order valence-electron chi connectivity index (χ4n) is 4.51. The molecule has 0 N–H and O–H groups in total. The molecule has 174 valence electrons. The minimum absolute atomic E-state index is 0.0803. The van der Waals surface area contributed by atoms with Crippen molar-refractivity contribution in [2.75, 3.05) is 0 Å². The molecule has 0 aromatic heterocycles. The van der Waals surface area contributed by atoms with Crippen molar-refractivity contribution in [2.45, 2.75) is 71.1 Å². The van der Waals surface area contributed by atoms with Gasteiger partial charge in [0.1, 0.15) is 17.6 Å². The predicted octanol–water partition coefficient (Wildman–Crippen LogP) is 7.79. The number of carbonyl (C=O) groups is 1. The molecule has 0 radical (unpaired) electrons. The van der Waals surface area contributed by atoms with E-state index in [1.165, 1.54) is 69.1 Å². The van der Waals surface area contributed by atoms with Crippen molar-refractivity contribution < 1.29 is 13.9 Å². The van der Waals surface area contributed by atoms with Gasteiger partial charge in [0.2, 0.25) is 0 Å². The van der Waals surface area contributed by atoms with Gasteiger partial charge in [-0.3, -0.25) is 0 Å². The van der Waals surface area contributed by atoms with Gasteiger partial charge < -0.3 is 4.74 Å². The molecule has 0 spiro atoms. The van der Waals surface area contributed by atoms with E-state index in [1.807, 2.05) is 12.1 Å². The van der Waals surface area contributed by atoms with Crippen LogP contribution in [0.15, 0.2) is 54.6 Å². The molecule has 1 aliphatic carbocycles. The Morgan fingerprint density at radius 2 is 1.88 bits per heavy atom.